The van der Waals surface area contributed by atoms with Crippen LogP contribution in [-0.2, 0) is 25.7 Å². The maximum atomic E-state index is 13.0. The Morgan fingerprint density at radius 2 is 1.82 bits per heavy atom. The van der Waals surface area contributed by atoms with E-state index >= 15 is 0 Å². The molecule has 1 fully saturated rings. The molecule has 1 heterocycles. The van der Waals surface area contributed by atoms with Crippen molar-refractivity contribution < 1.29 is 19.0 Å². The molecule has 1 aliphatic heterocycles. The third-order valence-corrected chi connectivity index (χ3v) is 13.3. The summed E-state index contributed by atoms with van der Waals surface area (Å²) in [5, 5.41) is 10.6. The normalized spacial score (nSPS) is 21.8. The Balaban J connectivity index is 1.69. The monoisotopic (exact) mass is 473 g/mol. The van der Waals surface area contributed by atoms with Gasteiger partial charge in [-0.05, 0) is 75.3 Å². The molecule has 1 atom stereocenters. The van der Waals surface area contributed by atoms with Gasteiger partial charge >= 0.3 is 7.48 Å². The van der Waals surface area contributed by atoms with Crippen molar-refractivity contribution >= 4 is 27.2 Å². The van der Waals surface area contributed by atoms with E-state index in [0.29, 0.717) is 27.1 Å². The Labute approximate surface area is 202 Å². The SMILES string of the molecule is CC(C)(O)C(C)(C)OBc1cccc2c1CCC21CC(=O)N(CCO[Si](C)(C)C(C)(C)C)C1. The number of carbonyl (C=O) groups is 1. The van der Waals surface area contributed by atoms with Crippen LogP contribution in [0.15, 0.2) is 18.2 Å². The van der Waals surface area contributed by atoms with Crippen molar-refractivity contribution in [2.45, 2.75) is 102 Å². The van der Waals surface area contributed by atoms with Crippen LogP contribution in [0.4, 0.5) is 0 Å². The van der Waals surface area contributed by atoms with Crippen molar-refractivity contribution in [1.82, 2.24) is 4.90 Å². The van der Waals surface area contributed by atoms with E-state index in [0.717, 1.165) is 19.4 Å². The van der Waals surface area contributed by atoms with Crippen molar-refractivity contribution in [3.63, 3.8) is 0 Å². The van der Waals surface area contributed by atoms with Crippen LogP contribution in [0.1, 0.15) is 72.4 Å². The largest absolute Gasteiger partial charge is 0.427 e. The van der Waals surface area contributed by atoms with E-state index in [4.69, 9.17) is 9.08 Å². The zero-order chi connectivity index (χ0) is 24.9. The topological polar surface area (TPSA) is 59.0 Å². The smallest absolute Gasteiger partial charge is 0.309 e. The minimum Gasteiger partial charge on any atom is -0.427 e. The predicted octanol–water partition coefficient (Wildman–Crippen LogP) is 3.67. The van der Waals surface area contributed by atoms with Gasteiger partial charge in [0.05, 0.1) is 17.8 Å². The third-order valence-electron chi connectivity index (χ3n) is 8.73. The Hall–Kier alpha value is -1.15. The van der Waals surface area contributed by atoms with Gasteiger partial charge in [0, 0.05) is 24.9 Å². The summed E-state index contributed by atoms with van der Waals surface area (Å²) in [7, 11) is -1.35. The van der Waals surface area contributed by atoms with Crippen molar-refractivity contribution in [1.29, 1.82) is 0 Å². The van der Waals surface area contributed by atoms with Crippen LogP contribution in [0.25, 0.3) is 0 Å². The number of hydrogen-bond acceptors (Lipinski definition) is 4. The molecule has 1 aromatic carbocycles. The number of likely N-dealkylation sites (tertiary alicyclic amines) is 1. The van der Waals surface area contributed by atoms with Crippen LogP contribution in [0.3, 0.4) is 0 Å². The van der Waals surface area contributed by atoms with Crippen molar-refractivity contribution in [3.8, 4) is 0 Å². The van der Waals surface area contributed by atoms with Crippen LogP contribution in [-0.4, -0.2) is 62.6 Å². The highest BCUT2D eigenvalue weighted by Crippen LogP contribution is 2.45. The van der Waals surface area contributed by atoms with Crippen LogP contribution < -0.4 is 5.46 Å². The first-order valence-electron chi connectivity index (χ1n) is 12.4. The molecular formula is C26H44BNO4Si. The van der Waals surface area contributed by atoms with Crippen molar-refractivity contribution in [2.24, 2.45) is 0 Å². The van der Waals surface area contributed by atoms with Gasteiger partial charge in [-0.2, -0.15) is 0 Å². The van der Waals surface area contributed by atoms with E-state index in [2.05, 4.69) is 52.1 Å². The van der Waals surface area contributed by atoms with Gasteiger partial charge in [0.1, 0.15) is 0 Å². The molecule has 33 heavy (non-hydrogen) atoms. The number of amides is 1. The second kappa shape index (κ2) is 8.81. The van der Waals surface area contributed by atoms with Crippen LogP contribution in [0, 0.1) is 0 Å². The Kier molecular flexibility index (Phi) is 7.07. The summed E-state index contributed by atoms with van der Waals surface area (Å²) < 4.78 is 12.5. The van der Waals surface area contributed by atoms with E-state index in [-0.39, 0.29) is 16.4 Å². The number of hydrogen-bond donors (Lipinski definition) is 1. The number of benzene rings is 1. The lowest BCUT2D eigenvalue weighted by atomic mass is 9.76. The molecule has 1 aliphatic carbocycles. The highest BCUT2D eigenvalue weighted by Gasteiger charge is 2.48. The van der Waals surface area contributed by atoms with Gasteiger partial charge in [0.15, 0.2) is 8.32 Å². The molecule has 1 aromatic rings. The number of carbonyl (C=O) groups excluding carboxylic acids is 1. The van der Waals surface area contributed by atoms with Gasteiger partial charge in [-0.1, -0.05) is 39.0 Å². The van der Waals surface area contributed by atoms with E-state index in [1.807, 2.05) is 18.7 Å². The minimum absolute atomic E-state index is 0.0921. The summed E-state index contributed by atoms with van der Waals surface area (Å²) in [4.78, 5) is 15.0. The third kappa shape index (κ3) is 5.26. The average molecular weight is 474 g/mol. The van der Waals surface area contributed by atoms with E-state index < -0.39 is 19.5 Å². The first-order chi connectivity index (χ1) is 15.0. The lowest BCUT2D eigenvalue weighted by Gasteiger charge is -2.37. The van der Waals surface area contributed by atoms with Gasteiger partial charge in [-0.25, -0.2) is 0 Å². The molecule has 1 unspecified atom stereocenters. The summed E-state index contributed by atoms with van der Waals surface area (Å²) in [6.45, 7) is 20.7. The number of aliphatic hydroxyl groups is 1. The lowest BCUT2D eigenvalue weighted by molar-refractivity contribution is -0.128. The van der Waals surface area contributed by atoms with Gasteiger partial charge in [0.25, 0.3) is 0 Å². The molecule has 1 amide bonds. The summed E-state index contributed by atoms with van der Waals surface area (Å²) in [5.74, 6) is 0.242. The molecule has 7 heteroatoms. The maximum Gasteiger partial charge on any atom is 0.309 e. The van der Waals surface area contributed by atoms with E-state index in [1.165, 1.54) is 16.6 Å². The highest BCUT2D eigenvalue weighted by molar-refractivity contribution is 6.74. The molecule has 5 nitrogen and oxygen atoms in total. The highest BCUT2D eigenvalue weighted by atomic mass is 28.4. The fraction of sp³-hybridized carbons (Fsp3) is 0.731. The van der Waals surface area contributed by atoms with Crippen molar-refractivity contribution in [2.75, 3.05) is 19.7 Å². The predicted molar refractivity (Wildman–Crippen MR) is 139 cm³/mol. The van der Waals surface area contributed by atoms with Gasteiger partial charge in [-0.3, -0.25) is 4.79 Å². The minimum atomic E-state index is -1.81. The molecule has 1 saturated heterocycles. The fourth-order valence-electron chi connectivity index (χ4n) is 4.59. The first kappa shape index (κ1) is 26.5. The van der Waals surface area contributed by atoms with Crippen LogP contribution >= 0.6 is 0 Å². The fourth-order valence-corrected chi connectivity index (χ4v) is 5.62. The first-order valence-corrected chi connectivity index (χ1v) is 15.3. The van der Waals surface area contributed by atoms with Gasteiger partial charge in [0.2, 0.25) is 5.91 Å². The second-order valence-corrected chi connectivity index (χ2v) is 17.5. The van der Waals surface area contributed by atoms with Crippen molar-refractivity contribution in [3.05, 3.63) is 29.3 Å². The summed E-state index contributed by atoms with van der Waals surface area (Å²) in [6, 6.07) is 6.42. The van der Waals surface area contributed by atoms with Gasteiger partial charge in [-0.15, -0.1) is 0 Å². The van der Waals surface area contributed by atoms with Gasteiger partial charge < -0.3 is 19.1 Å². The quantitative estimate of drug-likeness (QED) is 0.586. The molecule has 0 bridgehead atoms. The molecule has 0 saturated carbocycles. The lowest BCUT2D eigenvalue weighted by Crippen LogP contribution is -2.49. The molecular weight excluding hydrogens is 429 g/mol. The summed E-state index contributed by atoms with van der Waals surface area (Å²) in [6.07, 6.45) is 2.55. The second-order valence-electron chi connectivity index (χ2n) is 12.7. The van der Waals surface area contributed by atoms with Crippen LogP contribution in [0.2, 0.25) is 18.1 Å². The Bertz CT molecular complexity index is 887. The molecule has 3 rings (SSSR count). The summed E-state index contributed by atoms with van der Waals surface area (Å²) >= 11 is 0. The average Bonchev–Trinajstić information content (AvgIpc) is 3.18. The standard InChI is InChI=1S/C26H44BNO4Si/c1-23(2,3)33(8,9)31-16-15-28-18-26(17-22(28)29)14-13-19-20(26)11-10-12-21(19)27-32-25(6,7)24(4,5)30/h10-12,27,30H,13-18H2,1-9H3. The molecule has 0 aromatic heterocycles. The Morgan fingerprint density at radius 1 is 1.15 bits per heavy atom. The number of nitrogens with zero attached hydrogens (tertiary/aromatic N) is 1. The zero-order valence-electron chi connectivity index (χ0n) is 22.3. The number of fused-ring (bicyclic) bond motifs is 2. The molecule has 1 N–H and O–H groups in total. The molecule has 1 spiro atoms. The van der Waals surface area contributed by atoms with E-state index in [1.54, 1.807) is 13.8 Å². The molecule has 2 aliphatic rings. The van der Waals surface area contributed by atoms with E-state index in [9.17, 15) is 9.90 Å². The molecule has 184 valence electrons. The summed E-state index contributed by atoms with van der Waals surface area (Å²) in [5.41, 5.74) is 2.13. The van der Waals surface area contributed by atoms with Crippen LogP contribution in [0.5, 0.6) is 0 Å². The maximum absolute atomic E-state index is 13.0. The zero-order valence-corrected chi connectivity index (χ0v) is 23.3. The Morgan fingerprint density at radius 3 is 2.42 bits per heavy atom. The molecule has 0 radical (unpaired) electrons. The number of rotatable bonds is 8.